The molecule has 3 rings (SSSR count). The molecule has 1 heterocycles. The molecule has 0 aromatic heterocycles. The molecule has 0 spiro atoms. The molecular weight excluding hydrogens is 212 g/mol. The van der Waals surface area contributed by atoms with E-state index in [-0.39, 0.29) is 23.9 Å². The van der Waals surface area contributed by atoms with E-state index in [1.54, 1.807) is 0 Å². The number of carbonyl (C=O) groups excluding carboxylic acids is 1. The fraction of sp³-hybridized carbons (Fsp3) is 0.533. The normalized spacial score (nSPS) is 40.9. The lowest BCUT2D eigenvalue weighted by Gasteiger charge is -2.26. The van der Waals surface area contributed by atoms with E-state index >= 15 is 0 Å². The molecule has 1 aliphatic heterocycles. The van der Waals surface area contributed by atoms with Crippen LogP contribution in [0.4, 0.5) is 0 Å². The molecule has 2 saturated carbocycles. The van der Waals surface area contributed by atoms with Crippen LogP contribution in [0.25, 0.3) is 0 Å². The van der Waals surface area contributed by atoms with Crippen LogP contribution >= 0.6 is 0 Å². The molecule has 0 amide bonds. The third kappa shape index (κ3) is 1.43. The van der Waals surface area contributed by atoms with Crippen LogP contribution in [-0.4, -0.2) is 12.1 Å². The van der Waals surface area contributed by atoms with Crippen LogP contribution in [0.3, 0.4) is 0 Å². The standard InChI is InChI=1S/C15H18O2/c1-8-4-7-12-10(3)15(16)17-14(12)13-9(2)5-6-11(8)13/h11-14H,1-7H2/t11-,12+,13-,14-/m1/s1. The first-order valence-electron chi connectivity index (χ1n) is 6.34. The van der Waals surface area contributed by atoms with Crippen molar-refractivity contribution < 1.29 is 9.53 Å². The Morgan fingerprint density at radius 3 is 2.41 bits per heavy atom. The monoisotopic (exact) mass is 230 g/mol. The van der Waals surface area contributed by atoms with Gasteiger partial charge in [-0.25, -0.2) is 4.79 Å². The maximum absolute atomic E-state index is 11.7. The summed E-state index contributed by atoms with van der Waals surface area (Å²) in [5, 5.41) is 0. The Labute approximate surface area is 102 Å². The van der Waals surface area contributed by atoms with Gasteiger partial charge in [0.25, 0.3) is 0 Å². The van der Waals surface area contributed by atoms with Gasteiger partial charge in [0.2, 0.25) is 0 Å². The van der Waals surface area contributed by atoms with Crippen molar-refractivity contribution in [1.82, 2.24) is 0 Å². The quantitative estimate of drug-likeness (QED) is 0.363. The van der Waals surface area contributed by atoms with Gasteiger partial charge in [-0.15, -0.1) is 0 Å². The summed E-state index contributed by atoms with van der Waals surface area (Å²) in [6, 6.07) is 0. The molecule has 90 valence electrons. The smallest absolute Gasteiger partial charge is 0.334 e. The Bertz CT molecular complexity index is 432. The third-order valence-electron chi connectivity index (χ3n) is 4.69. The van der Waals surface area contributed by atoms with Gasteiger partial charge >= 0.3 is 5.97 Å². The second kappa shape index (κ2) is 3.59. The highest BCUT2D eigenvalue weighted by Gasteiger charge is 2.50. The van der Waals surface area contributed by atoms with E-state index in [0.717, 1.165) is 25.7 Å². The lowest BCUT2D eigenvalue weighted by Crippen LogP contribution is -2.28. The maximum Gasteiger partial charge on any atom is 0.334 e. The van der Waals surface area contributed by atoms with Crippen molar-refractivity contribution in [3.63, 3.8) is 0 Å². The van der Waals surface area contributed by atoms with Crippen LogP contribution in [0.2, 0.25) is 0 Å². The summed E-state index contributed by atoms with van der Waals surface area (Å²) in [5.41, 5.74) is 3.20. The van der Waals surface area contributed by atoms with Crippen molar-refractivity contribution in [3.8, 4) is 0 Å². The number of hydrogen-bond donors (Lipinski definition) is 0. The highest BCUT2D eigenvalue weighted by molar-refractivity contribution is 5.91. The van der Waals surface area contributed by atoms with Gasteiger partial charge in [-0.2, -0.15) is 0 Å². The van der Waals surface area contributed by atoms with E-state index in [1.807, 2.05) is 0 Å². The minimum atomic E-state index is -0.203. The number of hydrogen-bond acceptors (Lipinski definition) is 2. The summed E-state index contributed by atoms with van der Waals surface area (Å²) in [6.07, 6.45) is 4.09. The second-order valence-electron chi connectivity index (χ2n) is 5.53. The van der Waals surface area contributed by atoms with E-state index in [4.69, 9.17) is 4.74 Å². The van der Waals surface area contributed by atoms with Crippen molar-refractivity contribution in [3.05, 3.63) is 36.5 Å². The number of esters is 1. The molecule has 0 bridgehead atoms. The molecule has 17 heavy (non-hydrogen) atoms. The summed E-state index contributed by atoms with van der Waals surface area (Å²) in [7, 11) is 0. The molecule has 2 heteroatoms. The van der Waals surface area contributed by atoms with Crippen molar-refractivity contribution in [1.29, 1.82) is 0 Å². The topological polar surface area (TPSA) is 26.3 Å². The lowest BCUT2D eigenvalue weighted by molar-refractivity contribution is -0.141. The molecule has 0 unspecified atom stereocenters. The molecule has 4 atom stereocenters. The average molecular weight is 230 g/mol. The summed E-state index contributed by atoms with van der Waals surface area (Å²) >= 11 is 0. The zero-order valence-corrected chi connectivity index (χ0v) is 10.1. The van der Waals surface area contributed by atoms with E-state index in [0.29, 0.717) is 11.5 Å². The molecule has 0 N–H and O–H groups in total. The Kier molecular flexibility index (Phi) is 2.29. The summed E-state index contributed by atoms with van der Waals surface area (Å²) in [5.74, 6) is 0.740. The highest BCUT2D eigenvalue weighted by Crippen LogP contribution is 2.51. The first-order chi connectivity index (χ1) is 8.09. The molecule has 3 aliphatic rings. The van der Waals surface area contributed by atoms with Crippen LogP contribution < -0.4 is 0 Å². The van der Waals surface area contributed by atoms with Crippen LogP contribution in [0, 0.1) is 17.8 Å². The number of fused-ring (bicyclic) bond motifs is 3. The van der Waals surface area contributed by atoms with E-state index in [9.17, 15) is 4.79 Å². The Balaban J connectivity index is 2.00. The molecule has 0 aromatic rings. The minimum Gasteiger partial charge on any atom is -0.458 e. The van der Waals surface area contributed by atoms with Crippen molar-refractivity contribution in [2.45, 2.75) is 31.8 Å². The lowest BCUT2D eigenvalue weighted by atomic mass is 9.82. The van der Waals surface area contributed by atoms with Gasteiger partial charge in [-0.1, -0.05) is 30.9 Å². The number of rotatable bonds is 0. The number of allylic oxidation sites excluding steroid dienone is 1. The van der Waals surface area contributed by atoms with E-state index in [1.165, 1.54) is 11.1 Å². The van der Waals surface area contributed by atoms with Gasteiger partial charge < -0.3 is 4.74 Å². The van der Waals surface area contributed by atoms with Crippen LogP contribution in [-0.2, 0) is 9.53 Å². The number of carbonyl (C=O) groups is 1. The molecule has 0 radical (unpaired) electrons. The summed E-state index contributed by atoms with van der Waals surface area (Å²) in [6.45, 7) is 12.3. The maximum atomic E-state index is 11.7. The predicted octanol–water partition coefficient (Wildman–Crippen LogP) is 3.02. The van der Waals surface area contributed by atoms with E-state index in [2.05, 4.69) is 19.7 Å². The van der Waals surface area contributed by atoms with Crippen LogP contribution in [0.5, 0.6) is 0 Å². The second-order valence-corrected chi connectivity index (χ2v) is 5.53. The fourth-order valence-corrected chi connectivity index (χ4v) is 3.71. The van der Waals surface area contributed by atoms with E-state index < -0.39 is 0 Å². The Morgan fingerprint density at radius 1 is 1.00 bits per heavy atom. The van der Waals surface area contributed by atoms with Crippen LogP contribution in [0.15, 0.2) is 36.5 Å². The SMILES string of the molecule is C=C1CC[C@@H]2C(=C)CC[C@H]3C(=C)C(=O)O[C@H]3[C@H]12. The molecular formula is C15H18O2. The Morgan fingerprint density at radius 2 is 1.65 bits per heavy atom. The van der Waals surface area contributed by atoms with Gasteiger partial charge in [0.05, 0.1) is 0 Å². The zero-order chi connectivity index (χ0) is 12.2. The summed E-state index contributed by atoms with van der Waals surface area (Å²) in [4.78, 5) is 11.7. The van der Waals surface area contributed by atoms with Gasteiger partial charge in [0.15, 0.2) is 0 Å². The Hall–Kier alpha value is -1.31. The van der Waals surface area contributed by atoms with Gasteiger partial charge in [0.1, 0.15) is 6.10 Å². The first kappa shape index (κ1) is 10.8. The summed E-state index contributed by atoms with van der Waals surface area (Å²) < 4.78 is 5.55. The predicted molar refractivity (Wildman–Crippen MR) is 66.2 cm³/mol. The zero-order valence-electron chi connectivity index (χ0n) is 10.1. The third-order valence-corrected chi connectivity index (χ3v) is 4.69. The highest BCUT2D eigenvalue weighted by atomic mass is 16.6. The average Bonchev–Trinajstić information content (AvgIpc) is 2.75. The van der Waals surface area contributed by atoms with Crippen molar-refractivity contribution in [2.75, 3.05) is 0 Å². The molecule has 1 saturated heterocycles. The first-order valence-corrected chi connectivity index (χ1v) is 6.34. The number of ether oxygens (including phenoxy) is 1. The molecule has 2 aliphatic carbocycles. The van der Waals surface area contributed by atoms with Crippen molar-refractivity contribution in [2.24, 2.45) is 17.8 Å². The van der Waals surface area contributed by atoms with Gasteiger partial charge in [0, 0.05) is 17.4 Å². The van der Waals surface area contributed by atoms with Crippen LogP contribution in [0.1, 0.15) is 25.7 Å². The largest absolute Gasteiger partial charge is 0.458 e. The molecule has 2 nitrogen and oxygen atoms in total. The fourth-order valence-electron chi connectivity index (χ4n) is 3.71. The van der Waals surface area contributed by atoms with Crippen molar-refractivity contribution >= 4 is 5.97 Å². The van der Waals surface area contributed by atoms with Gasteiger partial charge in [-0.3, -0.25) is 0 Å². The minimum absolute atomic E-state index is 0.0192. The molecule has 3 fully saturated rings. The van der Waals surface area contributed by atoms with Gasteiger partial charge in [-0.05, 0) is 31.6 Å². The molecule has 0 aromatic carbocycles.